The first-order chi connectivity index (χ1) is 34.7. The van der Waals surface area contributed by atoms with Crippen LogP contribution in [0.1, 0.15) is 101 Å². The molecule has 2 bridgehead atoms. The van der Waals surface area contributed by atoms with Gasteiger partial charge in [0, 0.05) is 74.6 Å². The number of aryl methyl sites for hydroxylation is 1. The van der Waals surface area contributed by atoms with Crippen LogP contribution >= 0.6 is 11.3 Å². The predicted octanol–water partition coefficient (Wildman–Crippen LogP) is 6.06. The Balaban J connectivity index is 0.686. The van der Waals surface area contributed by atoms with Crippen LogP contribution in [-0.4, -0.2) is 132 Å². The van der Waals surface area contributed by atoms with E-state index in [1.807, 2.05) is 88.1 Å². The van der Waals surface area contributed by atoms with E-state index in [-0.39, 0.29) is 61.0 Å². The number of β-amino-alcohol motifs (C(OH)–C–C–N with tert-alkyl or cyclic N) is 1. The van der Waals surface area contributed by atoms with Gasteiger partial charge < -0.3 is 46.2 Å². The van der Waals surface area contributed by atoms with Crippen molar-refractivity contribution < 1.29 is 24.6 Å². The summed E-state index contributed by atoms with van der Waals surface area (Å²) >= 11 is 1.59. The number of likely N-dealkylation sites (tertiary alicyclic amines) is 2. The molecule has 1 aliphatic carbocycles. The van der Waals surface area contributed by atoms with Gasteiger partial charge in [-0.2, -0.15) is 0 Å². The summed E-state index contributed by atoms with van der Waals surface area (Å²) in [5.74, 6) is 0.708. The fourth-order valence-electron chi connectivity index (χ4n) is 11.9. The fraction of sp³-hybridized carbons (Fsp3) is 0.519. The maximum absolute atomic E-state index is 14.3. The number of piperazine rings is 1. The topological polar surface area (TPSA) is 219 Å². The van der Waals surface area contributed by atoms with Gasteiger partial charge in [0.2, 0.25) is 23.7 Å². The molecule has 10 rings (SSSR count). The molecule has 4 aliphatic heterocycles. The second kappa shape index (κ2) is 20.7. The molecule has 17 nitrogen and oxygen atoms in total. The minimum Gasteiger partial charge on any atom is -0.507 e. The summed E-state index contributed by atoms with van der Waals surface area (Å²) in [5.41, 5.74) is 13.8. The summed E-state index contributed by atoms with van der Waals surface area (Å²) in [6.45, 7) is 11.6. The van der Waals surface area contributed by atoms with Gasteiger partial charge in [-0.3, -0.25) is 14.4 Å². The lowest BCUT2D eigenvalue weighted by molar-refractivity contribution is -0.144. The van der Waals surface area contributed by atoms with Gasteiger partial charge >= 0.3 is 0 Å². The molecule has 5 atom stereocenters. The molecule has 2 unspecified atom stereocenters. The molecule has 2 aromatic carbocycles. The van der Waals surface area contributed by atoms with Crippen LogP contribution < -0.4 is 26.2 Å². The first-order valence-electron chi connectivity index (χ1n) is 25.7. The van der Waals surface area contributed by atoms with E-state index in [9.17, 15) is 24.6 Å². The number of thiazole rings is 1. The number of para-hydroxylation sites is 1. The number of nitrogens with two attached hydrogens (primary N) is 1. The maximum atomic E-state index is 14.3. The molecule has 3 aromatic heterocycles. The Kier molecular flexibility index (Phi) is 14.2. The number of nitrogen functional groups attached to an aromatic ring is 1. The third-order valence-corrected chi connectivity index (χ3v) is 16.9. The molecule has 18 heteroatoms. The molecule has 1 saturated carbocycles. The maximum Gasteiger partial charge on any atom is 0.246 e. The molecule has 72 heavy (non-hydrogen) atoms. The van der Waals surface area contributed by atoms with Crippen LogP contribution in [0.4, 0.5) is 17.5 Å². The van der Waals surface area contributed by atoms with Crippen LogP contribution in [-0.2, 0) is 20.9 Å². The summed E-state index contributed by atoms with van der Waals surface area (Å²) < 4.78 is 0. The van der Waals surface area contributed by atoms with Gasteiger partial charge in [0.25, 0.3) is 0 Å². The average molecular weight is 997 g/mol. The summed E-state index contributed by atoms with van der Waals surface area (Å²) in [7, 11) is 0. The van der Waals surface area contributed by atoms with E-state index < -0.39 is 23.6 Å². The third-order valence-electron chi connectivity index (χ3n) is 16.0. The van der Waals surface area contributed by atoms with E-state index in [0.717, 1.165) is 111 Å². The number of carbonyl (C=O) groups excluding carboxylic acids is 3. The number of benzene rings is 2. The number of piperidine rings is 1. The van der Waals surface area contributed by atoms with Gasteiger partial charge in [-0.25, -0.2) is 15.0 Å². The number of phenolic OH excluding ortho intramolecular Hbond substituents is 1. The number of aliphatic hydroxyl groups is 1. The number of aliphatic hydroxyl groups excluding tert-OH is 1. The van der Waals surface area contributed by atoms with Crippen LogP contribution in [0.3, 0.4) is 0 Å². The van der Waals surface area contributed by atoms with Crippen LogP contribution in [0, 0.1) is 18.3 Å². The highest BCUT2D eigenvalue weighted by molar-refractivity contribution is 7.13. The van der Waals surface area contributed by atoms with Crippen molar-refractivity contribution in [2.45, 2.75) is 134 Å². The lowest BCUT2D eigenvalue weighted by Gasteiger charge is -2.42. The van der Waals surface area contributed by atoms with Crippen molar-refractivity contribution in [3.63, 3.8) is 0 Å². The second-order valence-electron chi connectivity index (χ2n) is 21.7. The monoisotopic (exact) mass is 997 g/mol. The highest BCUT2D eigenvalue weighted by Crippen LogP contribution is 2.40. The van der Waals surface area contributed by atoms with Crippen LogP contribution in [0.25, 0.3) is 21.7 Å². The van der Waals surface area contributed by atoms with Crippen molar-refractivity contribution in [2.75, 3.05) is 48.3 Å². The average Bonchev–Trinajstić information content (AvgIpc) is 4.08. The van der Waals surface area contributed by atoms with Crippen molar-refractivity contribution in [3.05, 3.63) is 89.3 Å². The zero-order chi connectivity index (χ0) is 50.3. The van der Waals surface area contributed by atoms with Gasteiger partial charge in [-0.05, 0) is 118 Å². The summed E-state index contributed by atoms with van der Waals surface area (Å²) in [6, 6.07) is 16.2. The lowest BCUT2D eigenvalue weighted by Crippen LogP contribution is -2.58. The Labute approximate surface area is 425 Å². The van der Waals surface area contributed by atoms with Gasteiger partial charge in [-0.1, -0.05) is 57.2 Å². The molecule has 5 aromatic rings. The van der Waals surface area contributed by atoms with Crippen molar-refractivity contribution in [1.82, 2.24) is 45.6 Å². The number of aromatic hydroxyl groups is 1. The van der Waals surface area contributed by atoms with Gasteiger partial charge in [0.05, 0.1) is 33.6 Å². The predicted molar refractivity (Wildman–Crippen MR) is 278 cm³/mol. The molecule has 380 valence electrons. The molecule has 6 N–H and O–H groups in total. The summed E-state index contributed by atoms with van der Waals surface area (Å²) in [6.07, 6.45) is 10.8. The molecular weight excluding hydrogens is 929 g/mol. The number of nitrogens with zero attached hydrogens (tertiary/aromatic N) is 9. The zero-order valence-corrected chi connectivity index (χ0v) is 42.6. The lowest BCUT2D eigenvalue weighted by atomic mass is 9.81. The van der Waals surface area contributed by atoms with E-state index >= 15 is 0 Å². The number of anilines is 3. The van der Waals surface area contributed by atoms with Gasteiger partial charge in [0.15, 0.2) is 5.82 Å². The Morgan fingerprint density at radius 2 is 1.53 bits per heavy atom. The molecule has 0 spiro atoms. The molecule has 4 saturated heterocycles. The van der Waals surface area contributed by atoms with E-state index in [2.05, 4.69) is 40.5 Å². The van der Waals surface area contributed by atoms with Crippen LogP contribution in [0.2, 0.25) is 0 Å². The standard InChI is InChI=1S/C54H68N12O5S/c1-32-47(72-31-59-32)35-11-9-33(10-12-35)25-56-51(70)45-23-41(67)30-65(45)52(71)48(54(2,3)4)60-50(69)36-13-15-38(16-14-36)63-21-19-34(20-22-63)37-26-57-53(58-27-37)66-39-17-18-40(66)29-64(28-39)44-24-43(61-62-49(44)55)42-7-5-6-8-46(42)68/h5-12,24,26-27,31,34,36,38-41,45,48,67-68H,13-23,25,28-30H2,1-4H3,(H2,55,62)(H,56,70)(H,60,69)/t36?,38?,39?,40?,41-,45-,48+/m0/s1. The summed E-state index contributed by atoms with van der Waals surface area (Å²) in [4.78, 5) is 66.0. The van der Waals surface area contributed by atoms with Crippen molar-refractivity contribution >= 4 is 46.5 Å². The highest BCUT2D eigenvalue weighted by Gasteiger charge is 2.46. The molecule has 5 fully saturated rings. The second-order valence-corrected chi connectivity index (χ2v) is 22.6. The minimum atomic E-state index is -0.856. The molecule has 0 radical (unpaired) electrons. The minimum absolute atomic E-state index is 0.0372. The Morgan fingerprint density at radius 3 is 2.18 bits per heavy atom. The van der Waals surface area contributed by atoms with Crippen molar-refractivity contribution in [1.29, 1.82) is 0 Å². The first kappa shape index (κ1) is 49.3. The molecule has 5 aliphatic rings. The van der Waals surface area contributed by atoms with Gasteiger partial charge in [0.1, 0.15) is 17.8 Å². The number of amides is 3. The normalized spacial score (nSPS) is 24.3. The quantitative estimate of drug-likeness (QED) is 0.0961. The molecule has 7 heterocycles. The van der Waals surface area contributed by atoms with Crippen molar-refractivity contribution in [3.8, 4) is 27.4 Å². The van der Waals surface area contributed by atoms with E-state index in [0.29, 0.717) is 29.0 Å². The zero-order valence-electron chi connectivity index (χ0n) is 41.8. The number of aromatic nitrogens is 5. The number of nitrogens with one attached hydrogen (secondary N) is 2. The summed E-state index contributed by atoms with van der Waals surface area (Å²) in [5, 5.41) is 35.8. The Bertz CT molecular complexity index is 2720. The number of phenols is 1. The largest absolute Gasteiger partial charge is 0.507 e. The first-order valence-corrected chi connectivity index (χ1v) is 26.6. The number of fused-ring (bicyclic) bond motifs is 2. The third kappa shape index (κ3) is 10.4. The SMILES string of the molecule is Cc1ncsc1-c1ccc(CNC(=O)[C@@H]2C[C@H](O)CN2C(=O)[C@@H](NC(=O)C2CCC(N3CCC(c4cnc(N5C6CCC5CN(c5cc(-c7ccccc7O)nnc5N)C6)nc4)CC3)CC2)C(C)(C)C)cc1. The van der Waals surface area contributed by atoms with E-state index in [1.165, 1.54) is 10.5 Å². The number of hydrogen-bond acceptors (Lipinski definition) is 15. The Morgan fingerprint density at radius 1 is 0.847 bits per heavy atom. The Hall–Kier alpha value is -6.24. The fourth-order valence-corrected chi connectivity index (χ4v) is 12.7. The van der Waals surface area contributed by atoms with Gasteiger partial charge in [-0.15, -0.1) is 21.5 Å². The smallest absolute Gasteiger partial charge is 0.246 e. The molecular formula is C54H68N12O5S. The number of carbonyl (C=O) groups is 3. The van der Waals surface area contributed by atoms with E-state index in [1.54, 1.807) is 23.5 Å². The van der Waals surface area contributed by atoms with Crippen molar-refractivity contribution in [2.24, 2.45) is 11.3 Å². The van der Waals surface area contributed by atoms with E-state index in [4.69, 9.17) is 15.7 Å². The number of hydrogen-bond donors (Lipinski definition) is 5. The molecule has 3 amide bonds. The van der Waals surface area contributed by atoms with Crippen LogP contribution in [0.15, 0.2) is 72.5 Å². The van der Waals surface area contributed by atoms with Crippen LogP contribution in [0.5, 0.6) is 5.75 Å². The number of rotatable bonds is 12. The highest BCUT2D eigenvalue weighted by atomic mass is 32.1.